The van der Waals surface area contributed by atoms with Crippen molar-refractivity contribution in [3.63, 3.8) is 0 Å². The van der Waals surface area contributed by atoms with Gasteiger partial charge in [0.05, 0.1) is 22.6 Å². The van der Waals surface area contributed by atoms with Gasteiger partial charge in [-0.05, 0) is 26.1 Å². The number of hydrogen-bond acceptors (Lipinski definition) is 6. The van der Waals surface area contributed by atoms with Crippen LogP contribution in [0.15, 0.2) is 43.0 Å². The van der Waals surface area contributed by atoms with Crippen molar-refractivity contribution in [1.29, 1.82) is 0 Å². The molecule has 0 bridgehead atoms. The number of carbonyl (C=O) groups is 1. The summed E-state index contributed by atoms with van der Waals surface area (Å²) in [6, 6.07) is 4.98. The van der Waals surface area contributed by atoms with Gasteiger partial charge >= 0.3 is 0 Å². The van der Waals surface area contributed by atoms with Crippen molar-refractivity contribution in [2.45, 2.75) is 6.92 Å². The van der Waals surface area contributed by atoms with Gasteiger partial charge in [0.1, 0.15) is 11.0 Å². The number of imidazole rings is 1. The van der Waals surface area contributed by atoms with Crippen molar-refractivity contribution in [3.8, 4) is 0 Å². The van der Waals surface area contributed by atoms with Crippen LogP contribution in [0.25, 0.3) is 16.7 Å². The molecule has 32 heavy (non-hydrogen) atoms. The molecule has 2 fully saturated rings. The Balaban J connectivity index is 1.31. The molecule has 1 aromatic carbocycles. The maximum atomic E-state index is 14.4. The van der Waals surface area contributed by atoms with Crippen LogP contribution in [0.1, 0.15) is 16.1 Å². The predicted molar refractivity (Wildman–Crippen MR) is 120 cm³/mol. The average molecular weight is 431 g/mol. The average Bonchev–Trinajstić information content (AvgIpc) is 3.10. The minimum absolute atomic E-state index is 0.228. The Morgan fingerprint density at radius 3 is 2.59 bits per heavy atom. The number of nitrogens with zero attached hydrogens (tertiary/aromatic N) is 6. The summed E-state index contributed by atoms with van der Waals surface area (Å²) in [6.07, 6.45) is 6.59. The van der Waals surface area contributed by atoms with Crippen molar-refractivity contribution < 1.29 is 9.18 Å². The van der Waals surface area contributed by atoms with E-state index in [-0.39, 0.29) is 11.6 Å². The van der Waals surface area contributed by atoms with Crippen molar-refractivity contribution >= 4 is 34.0 Å². The Hall–Kier alpha value is -3.59. The monoisotopic (exact) mass is 431 g/mol. The van der Waals surface area contributed by atoms with Gasteiger partial charge in [0.25, 0.3) is 5.91 Å². The van der Waals surface area contributed by atoms with E-state index in [4.69, 9.17) is 0 Å². The van der Waals surface area contributed by atoms with Crippen molar-refractivity contribution in [1.82, 2.24) is 24.3 Å². The van der Waals surface area contributed by atoms with Gasteiger partial charge < -0.3 is 19.5 Å². The molecule has 9 heteroatoms. The van der Waals surface area contributed by atoms with E-state index in [9.17, 15) is 9.18 Å². The molecule has 4 aromatic rings. The zero-order valence-corrected chi connectivity index (χ0v) is 17.8. The predicted octanol–water partition coefficient (Wildman–Crippen LogP) is 2.73. The molecule has 8 nitrogen and oxygen atoms in total. The standard InChI is InChI=1S/C23H22FN7O/c1-14-8-30-9-15(7-17(24)21(30)27-14)28-22(32)16-3-4-18(20-19(16)25-5-6-26-20)31-12-23(13-31)10-29(2)11-23/h3-9H,10-13H2,1-2H3,(H,28,32). The number of likely N-dealkylation sites (tertiary alicyclic amines) is 1. The largest absolute Gasteiger partial charge is 0.368 e. The molecule has 5 heterocycles. The van der Waals surface area contributed by atoms with Gasteiger partial charge in [0.15, 0.2) is 11.5 Å². The van der Waals surface area contributed by atoms with Crippen LogP contribution in [0.3, 0.4) is 0 Å². The van der Waals surface area contributed by atoms with Crippen LogP contribution in [-0.2, 0) is 0 Å². The van der Waals surface area contributed by atoms with Crippen LogP contribution in [0.5, 0.6) is 0 Å². The zero-order chi connectivity index (χ0) is 22.0. The van der Waals surface area contributed by atoms with E-state index >= 15 is 0 Å². The fraction of sp³-hybridized carbons (Fsp3) is 0.304. The molecule has 162 valence electrons. The highest BCUT2D eigenvalue weighted by molar-refractivity contribution is 6.13. The second-order valence-corrected chi connectivity index (χ2v) is 9.06. The first-order chi connectivity index (χ1) is 15.4. The van der Waals surface area contributed by atoms with Crippen LogP contribution < -0.4 is 10.2 Å². The van der Waals surface area contributed by atoms with Crippen molar-refractivity contribution in [2.75, 3.05) is 43.4 Å². The number of pyridine rings is 1. The van der Waals surface area contributed by atoms with Gasteiger partial charge in [-0.25, -0.2) is 9.37 Å². The fourth-order valence-electron chi connectivity index (χ4n) is 5.16. The fourth-order valence-corrected chi connectivity index (χ4v) is 5.16. The van der Waals surface area contributed by atoms with Crippen molar-refractivity contribution in [2.24, 2.45) is 5.41 Å². The molecule has 2 aliphatic rings. The number of carbonyl (C=O) groups excluding carboxylic acids is 1. The Kier molecular flexibility index (Phi) is 4.00. The number of fused-ring (bicyclic) bond motifs is 2. The Morgan fingerprint density at radius 1 is 1.09 bits per heavy atom. The van der Waals surface area contributed by atoms with Crippen LogP contribution in [0, 0.1) is 18.2 Å². The number of benzene rings is 1. The second-order valence-electron chi connectivity index (χ2n) is 9.06. The number of amides is 1. The molecule has 1 spiro atoms. The summed E-state index contributed by atoms with van der Waals surface area (Å²) >= 11 is 0. The number of aromatic nitrogens is 4. The molecule has 2 aliphatic heterocycles. The molecule has 1 amide bonds. The normalized spacial score (nSPS) is 17.5. The van der Waals surface area contributed by atoms with Crippen LogP contribution >= 0.6 is 0 Å². The molecule has 0 saturated carbocycles. The number of rotatable bonds is 3. The SMILES string of the molecule is Cc1cn2cc(NC(=O)c3ccc(N4CC5(CN(C)C5)C4)c4nccnc34)cc(F)c2n1. The summed E-state index contributed by atoms with van der Waals surface area (Å²) in [5.41, 5.74) is 4.29. The van der Waals surface area contributed by atoms with E-state index in [1.807, 2.05) is 6.07 Å². The molecule has 2 saturated heterocycles. The molecule has 0 radical (unpaired) electrons. The van der Waals surface area contributed by atoms with Gasteiger partial charge in [0.2, 0.25) is 0 Å². The summed E-state index contributed by atoms with van der Waals surface area (Å²) in [5.74, 6) is -0.859. The first-order valence-electron chi connectivity index (χ1n) is 10.5. The quantitative estimate of drug-likeness (QED) is 0.538. The lowest BCUT2D eigenvalue weighted by Gasteiger charge is -2.60. The summed E-state index contributed by atoms with van der Waals surface area (Å²) in [7, 11) is 2.14. The highest BCUT2D eigenvalue weighted by Crippen LogP contribution is 2.42. The molecular weight excluding hydrogens is 409 g/mol. The Bertz CT molecular complexity index is 1380. The zero-order valence-electron chi connectivity index (χ0n) is 17.8. The lowest BCUT2D eigenvalue weighted by Crippen LogP contribution is -2.71. The summed E-state index contributed by atoms with van der Waals surface area (Å²) in [5, 5.41) is 2.79. The molecule has 1 N–H and O–H groups in total. The van der Waals surface area contributed by atoms with E-state index in [1.165, 1.54) is 6.07 Å². The molecule has 0 atom stereocenters. The third kappa shape index (κ3) is 2.92. The lowest BCUT2D eigenvalue weighted by atomic mass is 9.73. The molecular formula is C23H22FN7O. The van der Waals surface area contributed by atoms with Gasteiger partial charge in [-0.1, -0.05) is 0 Å². The van der Waals surface area contributed by atoms with Gasteiger partial charge in [0, 0.05) is 62.4 Å². The first kappa shape index (κ1) is 19.1. The Morgan fingerprint density at radius 2 is 1.84 bits per heavy atom. The maximum Gasteiger partial charge on any atom is 0.257 e. The van der Waals surface area contributed by atoms with Gasteiger partial charge in [-0.3, -0.25) is 14.8 Å². The highest BCUT2D eigenvalue weighted by Gasteiger charge is 2.50. The number of nitrogens with one attached hydrogen (secondary N) is 1. The lowest BCUT2D eigenvalue weighted by molar-refractivity contribution is -0.00226. The van der Waals surface area contributed by atoms with E-state index in [0.29, 0.717) is 33.4 Å². The minimum Gasteiger partial charge on any atom is -0.368 e. The first-order valence-corrected chi connectivity index (χ1v) is 10.5. The number of halogens is 1. The Labute approximate surface area is 183 Å². The third-order valence-electron chi connectivity index (χ3n) is 6.34. The maximum absolute atomic E-state index is 14.4. The second kappa shape index (κ2) is 6.70. The highest BCUT2D eigenvalue weighted by atomic mass is 19.1. The van der Waals surface area contributed by atoms with E-state index in [0.717, 1.165) is 31.9 Å². The van der Waals surface area contributed by atoms with Crippen LogP contribution in [0.4, 0.5) is 15.8 Å². The number of aryl methyl sites for hydroxylation is 1. The topological polar surface area (TPSA) is 78.7 Å². The van der Waals surface area contributed by atoms with Crippen LogP contribution in [0.2, 0.25) is 0 Å². The summed E-state index contributed by atoms with van der Waals surface area (Å²) in [4.78, 5) is 30.9. The smallest absolute Gasteiger partial charge is 0.257 e. The molecule has 6 rings (SSSR count). The van der Waals surface area contributed by atoms with Crippen LogP contribution in [-0.4, -0.2) is 63.4 Å². The molecule has 3 aromatic heterocycles. The van der Waals surface area contributed by atoms with Gasteiger partial charge in [-0.2, -0.15) is 0 Å². The number of anilines is 2. The van der Waals surface area contributed by atoms with E-state index in [2.05, 4.69) is 37.1 Å². The minimum atomic E-state index is -0.496. The third-order valence-corrected chi connectivity index (χ3v) is 6.34. The van der Waals surface area contributed by atoms with Gasteiger partial charge in [-0.15, -0.1) is 0 Å². The van der Waals surface area contributed by atoms with E-state index < -0.39 is 5.82 Å². The summed E-state index contributed by atoms with van der Waals surface area (Å²) < 4.78 is 16.0. The van der Waals surface area contributed by atoms with E-state index in [1.54, 1.807) is 42.2 Å². The van der Waals surface area contributed by atoms with Crippen molar-refractivity contribution in [3.05, 3.63) is 60.1 Å². The number of hydrogen-bond donors (Lipinski definition) is 1. The molecule has 0 aliphatic carbocycles. The molecule has 0 unspecified atom stereocenters. The summed E-state index contributed by atoms with van der Waals surface area (Å²) in [6.45, 7) is 5.99.